The highest BCUT2D eigenvalue weighted by molar-refractivity contribution is 9.10. The molecule has 0 saturated carbocycles. The molecule has 0 bridgehead atoms. The lowest BCUT2D eigenvalue weighted by molar-refractivity contribution is -0.143. The van der Waals surface area contributed by atoms with Crippen molar-refractivity contribution in [1.29, 1.82) is 0 Å². The predicted octanol–water partition coefficient (Wildman–Crippen LogP) is 1.67. The first-order chi connectivity index (χ1) is 8.13. The van der Waals surface area contributed by atoms with Crippen molar-refractivity contribution in [1.82, 2.24) is 5.32 Å². The Balaban J connectivity index is 2.40. The first kappa shape index (κ1) is 13.7. The molecule has 0 unspecified atom stereocenters. The van der Waals surface area contributed by atoms with E-state index in [2.05, 4.69) is 21.2 Å². The van der Waals surface area contributed by atoms with E-state index in [9.17, 15) is 9.59 Å². The molecular formula is C12H14BrNO3. The summed E-state index contributed by atoms with van der Waals surface area (Å²) in [6.07, 6.45) is 0.237. The van der Waals surface area contributed by atoms with Gasteiger partial charge in [0.2, 0.25) is 5.91 Å². The Morgan fingerprint density at radius 3 is 2.71 bits per heavy atom. The quantitative estimate of drug-likeness (QED) is 0.842. The number of rotatable bonds is 5. The molecule has 17 heavy (non-hydrogen) atoms. The van der Waals surface area contributed by atoms with Gasteiger partial charge in [0.25, 0.3) is 0 Å². The van der Waals surface area contributed by atoms with E-state index in [0.717, 1.165) is 10.0 Å². The van der Waals surface area contributed by atoms with E-state index in [1.807, 2.05) is 24.3 Å². The lowest BCUT2D eigenvalue weighted by atomic mass is 10.1. The van der Waals surface area contributed by atoms with Crippen LogP contribution in [0, 0.1) is 0 Å². The van der Waals surface area contributed by atoms with E-state index in [0.29, 0.717) is 6.61 Å². The van der Waals surface area contributed by atoms with E-state index in [4.69, 9.17) is 4.74 Å². The Labute approximate surface area is 108 Å². The fraction of sp³-hybridized carbons (Fsp3) is 0.333. The zero-order valence-electron chi connectivity index (χ0n) is 9.53. The molecule has 0 atom stereocenters. The van der Waals surface area contributed by atoms with Crippen LogP contribution in [0.3, 0.4) is 0 Å². The number of nitrogens with one attached hydrogen (secondary N) is 1. The molecule has 0 spiro atoms. The highest BCUT2D eigenvalue weighted by atomic mass is 79.9. The van der Waals surface area contributed by atoms with Gasteiger partial charge in [0.05, 0.1) is 13.0 Å². The molecule has 0 aliphatic rings. The Morgan fingerprint density at radius 1 is 1.35 bits per heavy atom. The van der Waals surface area contributed by atoms with Crippen LogP contribution in [0.4, 0.5) is 0 Å². The Morgan fingerprint density at radius 2 is 2.06 bits per heavy atom. The fourth-order valence-corrected chi connectivity index (χ4v) is 1.68. The maximum Gasteiger partial charge on any atom is 0.325 e. The maximum absolute atomic E-state index is 11.5. The van der Waals surface area contributed by atoms with Gasteiger partial charge < -0.3 is 10.1 Å². The minimum atomic E-state index is -0.423. The van der Waals surface area contributed by atoms with Gasteiger partial charge in [-0.2, -0.15) is 0 Å². The Bertz CT molecular complexity index is 406. The summed E-state index contributed by atoms with van der Waals surface area (Å²) in [6, 6.07) is 7.46. The second-order valence-electron chi connectivity index (χ2n) is 3.35. The molecule has 1 amide bonds. The smallest absolute Gasteiger partial charge is 0.325 e. The molecule has 4 nitrogen and oxygen atoms in total. The Hall–Kier alpha value is -1.36. The molecule has 0 radical (unpaired) electrons. The minimum absolute atomic E-state index is 0.0862. The van der Waals surface area contributed by atoms with Gasteiger partial charge in [-0.3, -0.25) is 9.59 Å². The standard InChI is InChI=1S/C12H14BrNO3/c1-2-17-12(16)8-14-11(15)7-9-5-3-4-6-10(9)13/h3-6H,2,7-8H2,1H3,(H,14,15). The molecule has 1 aromatic carbocycles. The van der Waals surface area contributed by atoms with Gasteiger partial charge >= 0.3 is 5.97 Å². The first-order valence-corrected chi connectivity index (χ1v) is 6.08. The van der Waals surface area contributed by atoms with E-state index >= 15 is 0 Å². The largest absolute Gasteiger partial charge is 0.465 e. The number of carbonyl (C=O) groups is 2. The molecule has 1 N–H and O–H groups in total. The van der Waals surface area contributed by atoms with E-state index in [1.54, 1.807) is 6.92 Å². The van der Waals surface area contributed by atoms with Crippen LogP contribution in [0.2, 0.25) is 0 Å². The average molecular weight is 300 g/mol. The second-order valence-corrected chi connectivity index (χ2v) is 4.20. The number of ether oxygens (including phenoxy) is 1. The fourth-order valence-electron chi connectivity index (χ4n) is 1.26. The summed E-state index contributed by atoms with van der Waals surface area (Å²) < 4.78 is 5.58. The van der Waals surface area contributed by atoms with E-state index in [-0.39, 0.29) is 18.9 Å². The van der Waals surface area contributed by atoms with Gasteiger partial charge in [-0.05, 0) is 18.6 Å². The molecule has 0 heterocycles. The van der Waals surface area contributed by atoms with E-state index in [1.165, 1.54) is 0 Å². The highest BCUT2D eigenvalue weighted by Crippen LogP contribution is 2.15. The normalized spacial score (nSPS) is 9.76. The van der Waals surface area contributed by atoms with Crippen molar-refractivity contribution in [3.63, 3.8) is 0 Å². The summed E-state index contributed by atoms with van der Waals surface area (Å²) in [6.45, 7) is 1.96. The molecule has 5 heteroatoms. The zero-order valence-corrected chi connectivity index (χ0v) is 11.1. The van der Waals surface area contributed by atoms with Gasteiger partial charge in [0.15, 0.2) is 0 Å². The summed E-state index contributed by atoms with van der Waals surface area (Å²) in [5, 5.41) is 2.51. The van der Waals surface area contributed by atoms with Crippen molar-refractivity contribution in [3.05, 3.63) is 34.3 Å². The topological polar surface area (TPSA) is 55.4 Å². The average Bonchev–Trinajstić information content (AvgIpc) is 2.30. The molecular weight excluding hydrogens is 286 g/mol. The number of hydrogen-bond acceptors (Lipinski definition) is 3. The van der Waals surface area contributed by atoms with Crippen LogP contribution in [0.25, 0.3) is 0 Å². The van der Waals surface area contributed by atoms with Crippen molar-refractivity contribution in [2.75, 3.05) is 13.2 Å². The van der Waals surface area contributed by atoms with E-state index < -0.39 is 5.97 Å². The molecule has 0 aliphatic heterocycles. The lowest BCUT2D eigenvalue weighted by Gasteiger charge is -2.06. The van der Waals surface area contributed by atoms with Crippen LogP contribution in [-0.2, 0) is 20.7 Å². The zero-order chi connectivity index (χ0) is 12.7. The maximum atomic E-state index is 11.5. The summed E-state index contributed by atoms with van der Waals surface area (Å²) in [4.78, 5) is 22.6. The third-order valence-corrected chi connectivity index (χ3v) is 2.82. The molecule has 1 aromatic rings. The van der Waals surface area contributed by atoms with Crippen molar-refractivity contribution in [3.8, 4) is 0 Å². The van der Waals surface area contributed by atoms with Gasteiger partial charge in [-0.25, -0.2) is 0 Å². The predicted molar refractivity (Wildman–Crippen MR) is 67.5 cm³/mol. The molecule has 0 fully saturated rings. The molecule has 0 saturated heterocycles. The molecule has 1 rings (SSSR count). The monoisotopic (exact) mass is 299 g/mol. The lowest BCUT2D eigenvalue weighted by Crippen LogP contribution is -2.31. The Kier molecular flexibility index (Phi) is 5.69. The summed E-state index contributed by atoms with van der Waals surface area (Å²) in [5.41, 5.74) is 0.883. The first-order valence-electron chi connectivity index (χ1n) is 5.29. The number of halogens is 1. The SMILES string of the molecule is CCOC(=O)CNC(=O)Cc1ccccc1Br. The van der Waals surface area contributed by atoms with Crippen molar-refractivity contribution in [2.24, 2.45) is 0 Å². The highest BCUT2D eigenvalue weighted by Gasteiger charge is 2.08. The molecule has 0 aliphatic carbocycles. The second kappa shape index (κ2) is 7.06. The number of esters is 1. The third-order valence-electron chi connectivity index (χ3n) is 2.04. The summed E-state index contributed by atoms with van der Waals surface area (Å²) in [7, 11) is 0. The molecule has 92 valence electrons. The number of benzene rings is 1. The number of carbonyl (C=O) groups excluding carboxylic acids is 2. The van der Waals surface area contributed by atoms with Crippen molar-refractivity contribution < 1.29 is 14.3 Å². The van der Waals surface area contributed by atoms with Crippen molar-refractivity contribution >= 4 is 27.8 Å². The van der Waals surface area contributed by atoms with Crippen molar-refractivity contribution in [2.45, 2.75) is 13.3 Å². The number of hydrogen-bond donors (Lipinski definition) is 1. The minimum Gasteiger partial charge on any atom is -0.465 e. The van der Waals surface area contributed by atoms with Crippen LogP contribution in [0.1, 0.15) is 12.5 Å². The summed E-state index contributed by atoms with van der Waals surface area (Å²) in [5.74, 6) is -0.627. The van der Waals surface area contributed by atoms with Crippen LogP contribution >= 0.6 is 15.9 Å². The van der Waals surface area contributed by atoms with Gasteiger partial charge in [0.1, 0.15) is 6.54 Å². The third kappa shape index (κ3) is 4.99. The van der Waals surface area contributed by atoms with Crippen LogP contribution in [0.15, 0.2) is 28.7 Å². The van der Waals surface area contributed by atoms with Gasteiger partial charge in [0, 0.05) is 4.47 Å². The number of amides is 1. The molecule has 0 aromatic heterocycles. The van der Waals surface area contributed by atoms with Gasteiger partial charge in [-0.15, -0.1) is 0 Å². The summed E-state index contributed by atoms with van der Waals surface area (Å²) >= 11 is 3.36. The van der Waals surface area contributed by atoms with Gasteiger partial charge in [-0.1, -0.05) is 34.1 Å². The van der Waals surface area contributed by atoms with Crippen LogP contribution in [0.5, 0.6) is 0 Å². The van der Waals surface area contributed by atoms with Crippen LogP contribution in [-0.4, -0.2) is 25.0 Å². The van der Waals surface area contributed by atoms with Crippen LogP contribution < -0.4 is 5.32 Å².